The Balaban J connectivity index is 1.88. The van der Waals surface area contributed by atoms with Gasteiger partial charge in [0, 0.05) is 24.4 Å². The van der Waals surface area contributed by atoms with E-state index in [1.54, 1.807) is 6.20 Å². The molecule has 0 aliphatic carbocycles. The van der Waals surface area contributed by atoms with Crippen LogP contribution in [0.25, 0.3) is 0 Å². The molecule has 0 bridgehead atoms. The summed E-state index contributed by atoms with van der Waals surface area (Å²) in [5.41, 5.74) is 7.36. The summed E-state index contributed by atoms with van der Waals surface area (Å²) in [5.74, 6) is 1.11. The Kier molecular flexibility index (Phi) is 4.03. The van der Waals surface area contributed by atoms with E-state index in [-0.39, 0.29) is 5.92 Å². The van der Waals surface area contributed by atoms with Gasteiger partial charge in [0.25, 0.3) is 0 Å². The number of fused-ring (bicyclic) bond motifs is 1. The number of nitrogens with two attached hydrogens (primary N) is 1. The number of ether oxygens (including phenoxy) is 2. The highest BCUT2D eigenvalue weighted by Gasteiger charge is 2.24. The molecule has 5 nitrogen and oxygen atoms in total. The summed E-state index contributed by atoms with van der Waals surface area (Å²) in [5, 5.41) is 10.6. The Bertz CT molecular complexity index is 604. The SMILES string of the molecule is NCC(c1ccccn1)C(O)c1ccc2c(c1)OCCO2. The molecule has 0 amide bonds. The first-order valence-electron chi connectivity index (χ1n) is 6.98. The van der Waals surface area contributed by atoms with Crippen LogP contribution >= 0.6 is 0 Å². The van der Waals surface area contributed by atoms with Gasteiger partial charge < -0.3 is 20.3 Å². The van der Waals surface area contributed by atoms with Crippen molar-refractivity contribution in [3.05, 3.63) is 53.9 Å². The summed E-state index contributed by atoms with van der Waals surface area (Å²) in [6.07, 6.45) is 0.967. The van der Waals surface area contributed by atoms with Crippen molar-refractivity contribution in [2.75, 3.05) is 19.8 Å². The molecule has 5 heteroatoms. The number of pyridine rings is 1. The summed E-state index contributed by atoms with van der Waals surface area (Å²) >= 11 is 0. The molecule has 1 aliphatic heterocycles. The molecule has 21 heavy (non-hydrogen) atoms. The summed E-state index contributed by atoms with van der Waals surface area (Å²) in [6.45, 7) is 1.38. The molecule has 0 radical (unpaired) electrons. The lowest BCUT2D eigenvalue weighted by atomic mass is 9.92. The number of aromatic nitrogens is 1. The first-order chi connectivity index (χ1) is 10.3. The molecule has 3 N–H and O–H groups in total. The smallest absolute Gasteiger partial charge is 0.161 e. The molecule has 1 aliphatic rings. The highest BCUT2D eigenvalue weighted by molar-refractivity contribution is 5.45. The maximum atomic E-state index is 10.6. The average Bonchev–Trinajstić information content (AvgIpc) is 2.56. The van der Waals surface area contributed by atoms with Crippen molar-refractivity contribution in [2.45, 2.75) is 12.0 Å². The number of aliphatic hydroxyl groups is 1. The minimum atomic E-state index is -0.735. The third kappa shape index (κ3) is 2.84. The molecule has 0 spiro atoms. The lowest BCUT2D eigenvalue weighted by molar-refractivity contribution is 0.142. The second-order valence-electron chi connectivity index (χ2n) is 4.94. The second kappa shape index (κ2) is 6.11. The Labute approximate surface area is 123 Å². The Morgan fingerprint density at radius 3 is 2.67 bits per heavy atom. The van der Waals surface area contributed by atoms with E-state index in [0.29, 0.717) is 31.3 Å². The maximum absolute atomic E-state index is 10.6. The van der Waals surface area contributed by atoms with Crippen molar-refractivity contribution in [1.82, 2.24) is 4.98 Å². The van der Waals surface area contributed by atoms with Crippen LogP contribution in [0, 0.1) is 0 Å². The van der Waals surface area contributed by atoms with Crippen molar-refractivity contribution in [1.29, 1.82) is 0 Å². The van der Waals surface area contributed by atoms with E-state index in [9.17, 15) is 5.11 Å². The van der Waals surface area contributed by atoms with Gasteiger partial charge >= 0.3 is 0 Å². The van der Waals surface area contributed by atoms with Crippen molar-refractivity contribution in [3.63, 3.8) is 0 Å². The Morgan fingerprint density at radius 1 is 1.14 bits per heavy atom. The maximum Gasteiger partial charge on any atom is 0.161 e. The zero-order valence-electron chi connectivity index (χ0n) is 11.6. The van der Waals surface area contributed by atoms with E-state index in [1.807, 2.05) is 36.4 Å². The summed E-state index contributed by atoms with van der Waals surface area (Å²) in [6, 6.07) is 11.1. The van der Waals surface area contributed by atoms with Gasteiger partial charge in [-0.1, -0.05) is 12.1 Å². The first-order valence-corrected chi connectivity index (χ1v) is 6.98. The summed E-state index contributed by atoms with van der Waals surface area (Å²) in [4.78, 5) is 4.29. The van der Waals surface area contributed by atoms with Gasteiger partial charge in [0.1, 0.15) is 13.2 Å². The van der Waals surface area contributed by atoms with Crippen LogP contribution in [-0.4, -0.2) is 29.8 Å². The molecule has 1 aromatic carbocycles. The van der Waals surface area contributed by atoms with Crippen molar-refractivity contribution < 1.29 is 14.6 Å². The van der Waals surface area contributed by atoms with Crippen LogP contribution in [0.2, 0.25) is 0 Å². The van der Waals surface area contributed by atoms with E-state index >= 15 is 0 Å². The third-order valence-corrected chi connectivity index (χ3v) is 3.61. The molecule has 2 heterocycles. The fraction of sp³-hybridized carbons (Fsp3) is 0.312. The van der Waals surface area contributed by atoms with Crippen molar-refractivity contribution in [3.8, 4) is 11.5 Å². The zero-order chi connectivity index (χ0) is 14.7. The quantitative estimate of drug-likeness (QED) is 0.893. The van der Waals surface area contributed by atoms with Crippen LogP contribution in [0.3, 0.4) is 0 Å². The lowest BCUT2D eigenvalue weighted by Crippen LogP contribution is -2.21. The van der Waals surface area contributed by atoms with Crippen LogP contribution in [0.4, 0.5) is 0 Å². The molecular formula is C16H18N2O3. The third-order valence-electron chi connectivity index (χ3n) is 3.61. The molecule has 2 aromatic rings. The van der Waals surface area contributed by atoms with Crippen LogP contribution in [0.5, 0.6) is 11.5 Å². The number of benzene rings is 1. The highest BCUT2D eigenvalue weighted by Crippen LogP contribution is 2.36. The summed E-state index contributed by atoms with van der Waals surface area (Å²) in [7, 11) is 0. The van der Waals surface area contributed by atoms with E-state index < -0.39 is 6.10 Å². The number of aliphatic hydroxyl groups excluding tert-OH is 1. The molecule has 110 valence electrons. The fourth-order valence-electron chi connectivity index (χ4n) is 2.48. The standard InChI is InChI=1S/C16H18N2O3/c17-10-12(13-3-1-2-6-18-13)16(19)11-4-5-14-15(9-11)21-8-7-20-14/h1-6,9,12,16,19H,7-8,10,17H2. The summed E-state index contributed by atoms with van der Waals surface area (Å²) < 4.78 is 11.0. The van der Waals surface area contributed by atoms with E-state index in [0.717, 1.165) is 11.3 Å². The van der Waals surface area contributed by atoms with Gasteiger partial charge in [-0.05, 0) is 29.8 Å². The van der Waals surface area contributed by atoms with E-state index in [1.165, 1.54) is 0 Å². The number of rotatable bonds is 4. The van der Waals surface area contributed by atoms with E-state index in [4.69, 9.17) is 15.2 Å². The van der Waals surface area contributed by atoms with Gasteiger partial charge in [-0.2, -0.15) is 0 Å². The lowest BCUT2D eigenvalue weighted by Gasteiger charge is -2.24. The van der Waals surface area contributed by atoms with Crippen LogP contribution in [0.1, 0.15) is 23.3 Å². The van der Waals surface area contributed by atoms with Gasteiger partial charge in [-0.3, -0.25) is 4.98 Å². The predicted molar refractivity (Wildman–Crippen MR) is 78.4 cm³/mol. The van der Waals surface area contributed by atoms with Crippen molar-refractivity contribution >= 4 is 0 Å². The molecular weight excluding hydrogens is 268 g/mol. The second-order valence-corrected chi connectivity index (χ2v) is 4.94. The zero-order valence-corrected chi connectivity index (χ0v) is 11.6. The fourth-order valence-corrected chi connectivity index (χ4v) is 2.48. The molecule has 3 rings (SSSR count). The number of hydrogen-bond acceptors (Lipinski definition) is 5. The first kappa shape index (κ1) is 13.9. The van der Waals surface area contributed by atoms with Crippen LogP contribution in [-0.2, 0) is 0 Å². The molecule has 1 aromatic heterocycles. The van der Waals surface area contributed by atoms with Gasteiger partial charge in [0.05, 0.1) is 6.10 Å². The molecule has 2 atom stereocenters. The minimum Gasteiger partial charge on any atom is -0.486 e. The topological polar surface area (TPSA) is 77.6 Å². The minimum absolute atomic E-state index is 0.256. The Morgan fingerprint density at radius 2 is 1.95 bits per heavy atom. The van der Waals surface area contributed by atoms with Crippen molar-refractivity contribution in [2.24, 2.45) is 5.73 Å². The van der Waals surface area contributed by atoms with Gasteiger partial charge in [0.2, 0.25) is 0 Å². The van der Waals surface area contributed by atoms with Crippen LogP contribution in [0.15, 0.2) is 42.6 Å². The molecule has 2 unspecified atom stereocenters. The number of nitrogens with zero attached hydrogens (tertiary/aromatic N) is 1. The van der Waals surface area contributed by atoms with Gasteiger partial charge in [0.15, 0.2) is 11.5 Å². The monoisotopic (exact) mass is 286 g/mol. The predicted octanol–water partition coefficient (Wildman–Crippen LogP) is 1.63. The van der Waals surface area contributed by atoms with Gasteiger partial charge in [-0.15, -0.1) is 0 Å². The molecule has 0 saturated heterocycles. The largest absolute Gasteiger partial charge is 0.486 e. The van der Waals surface area contributed by atoms with Crippen LogP contribution < -0.4 is 15.2 Å². The number of hydrogen-bond donors (Lipinski definition) is 2. The Hall–Kier alpha value is -2.11. The van der Waals surface area contributed by atoms with E-state index in [2.05, 4.69) is 4.98 Å². The highest BCUT2D eigenvalue weighted by atomic mass is 16.6. The molecule has 0 fully saturated rings. The van der Waals surface area contributed by atoms with Gasteiger partial charge in [-0.25, -0.2) is 0 Å². The average molecular weight is 286 g/mol. The molecule has 0 saturated carbocycles. The normalized spacial score (nSPS) is 16.3.